The fourth-order valence-electron chi connectivity index (χ4n) is 3.32. The summed E-state index contributed by atoms with van der Waals surface area (Å²) in [4.78, 5) is 8.67. The summed E-state index contributed by atoms with van der Waals surface area (Å²) in [6.07, 6.45) is 12.5. The van der Waals surface area contributed by atoms with E-state index in [2.05, 4.69) is 33.6 Å². The highest BCUT2D eigenvalue weighted by molar-refractivity contribution is 14.0. The maximum Gasteiger partial charge on any atom is 0.191 e. The number of pyridine rings is 1. The van der Waals surface area contributed by atoms with E-state index in [1.54, 1.807) is 0 Å². The first-order valence-corrected chi connectivity index (χ1v) is 9.15. The average molecular weight is 444 g/mol. The summed E-state index contributed by atoms with van der Waals surface area (Å²) in [6, 6.07) is 6.51. The first-order chi connectivity index (χ1) is 11.3. The molecule has 0 radical (unpaired) electrons. The molecule has 136 valence electrons. The van der Waals surface area contributed by atoms with E-state index in [1.165, 1.54) is 44.9 Å². The molecule has 0 aliphatic heterocycles. The number of hydrogen-bond donors (Lipinski definition) is 2. The Labute approximate surface area is 164 Å². The van der Waals surface area contributed by atoms with Crippen LogP contribution in [0.2, 0.25) is 0 Å². The zero-order valence-corrected chi connectivity index (χ0v) is 17.5. The van der Waals surface area contributed by atoms with Crippen molar-refractivity contribution in [2.24, 2.45) is 10.9 Å². The van der Waals surface area contributed by atoms with Gasteiger partial charge in [0, 0.05) is 37.9 Å². The quantitative estimate of drug-likeness (QED) is 0.377. The number of aromatic nitrogens is 1. The standard InChI is InChI=1S/C19H32N4.HI/c1-16(11-12-17-8-4-3-5-9-17)23-19(20-2)22-15-13-18-10-6-7-14-21-18;/h6-7,10,14,16-17H,3-5,8-9,11-13,15H2,1-2H3,(H2,20,22,23);1H. The van der Waals surface area contributed by atoms with Gasteiger partial charge in [-0.1, -0.05) is 38.2 Å². The molecule has 1 aliphatic rings. The van der Waals surface area contributed by atoms with Crippen molar-refractivity contribution in [3.63, 3.8) is 0 Å². The monoisotopic (exact) mass is 444 g/mol. The lowest BCUT2D eigenvalue weighted by Gasteiger charge is -2.24. The van der Waals surface area contributed by atoms with Crippen molar-refractivity contribution in [3.05, 3.63) is 30.1 Å². The van der Waals surface area contributed by atoms with Crippen molar-refractivity contribution < 1.29 is 0 Å². The highest BCUT2D eigenvalue weighted by Crippen LogP contribution is 2.27. The van der Waals surface area contributed by atoms with Crippen LogP contribution >= 0.6 is 24.0 Å². The number of aliphatic imine (C=N–C) groups is 1. The molecule has 1 unspecified atom stereocenters. The van der Waals surface area contributed by atoms with Crippen LogP contribution in [0.25, 0.3) is 0 Å². The molecule has 1 atom stereocenters. The van der Waals surface area contributed by atoms with E-state index >= 15 is 0 Å². The lowest BCUT2D eigenvalue weighted by atomic mass is 9.85. The smallest absolute Gasteiger partial charge is 0.191 e. The Bertz CT molecular complexity index is 458. The molecule has 4 nitrogen and oxygen atoms in total. The van der Waals surface area contributed by atoms with Crippen molar-refractivity contribution in [2.45, 2.75) is 64.3 Å². The van der Waals surface area contributed by atoms with E-state index in [4.69, 9.17) is 0 Å². The summed E-state index contributed by atoms with van der Waals surface area (Å²) in [5.74, 6) is 1.85. The summed E-state index contributed by atoms with van der Waals surface area (Å²) in [5, 5.41) is 6.90. The van der Waals surface area contributed by atoms with Crippen molar-refractivity contribution in [1.29, 1.82) is 0 Å². The molecule has 0 bridgehead atoms. The van der Waals surface area contributed by atoms with Crippen LogP contribution in [0, 0.1) is 5.92 Å². The van der Waals surface area contributed by atoms with Crippen molar-refractivity contribution in [2.75, 3.05) is 13.6 Å². The van der Waals surface area contributed by atoms with Crippen molar-refractivity contribution in [3.8, 4) is 0 Å². The molecular formula is C19H33IN4. The van der Waals surface area contributed by atoms with Crippen LogP contribution in [0.3, 0.4) is 0 Å². The van der Waals surface area contributed by atoms with Gasteiger partial charge in [-0.25, -0.2) is 0 Å². The fourth-order valence-corrected chi connectivity index (χ4v) is 3.32. The molecule has 1 saturated carbocycles. The van der Waals surface area contributed by atoms with Gasteiger partial charge in [0.15, 0.2) is 5.96 Å². The van der Waals surface area contributed by atoms with Gasteiger partial charge >= 0.3 is 0 Å². The van der Waals surface area contributed by atoms with Gasteiger partial charge in [-0.3, -0.25) is 9.98 Å². The molecule has 1 aromatic heterocycles. The van der Waals surface area contributed by atoms with Crippen LogP contribution in [0.15, 0.2) is 29.4 Å². The number of hydrogen-bond acceptors (Lipinski definition) is 2. The van der Waals surface area contributed by atoms with Gasteiger partial charge < -0.3 is 10.6 Å². The van der Waals surface area contributed by atoms with Crippen LogP contribution in [-0.2, 0) is 6.42 Å². The SMILES string of the molecule is CN=C(NCCc1ccccn1)NC(C)CCC1CCCCC1.I. The number of nitrogens with one attached hydrogen (secondary N) is 2. The second-order valence-corrected chi connectivity index (χ2v) is 6.70. The number of nitrogens with zero attached hydrogens (tertiary/aromatic N) is 2. The van der Waals surface area contributed by atoms with E-state index in [-0.39, 0.29) is 24.0 Å². The topological polar surface area (TPSA) is 49.3 Å². The van der Waals surface area contributed by atoms with Gasteiger partial charge in [-0.2, -0.15) is 0 Å². The molecule has 0 saturated heterocycles. The predicted molar refractivity (Wildman–Crippen MR) is 113 cm³/mol. The van der Waals surface area contributed by atoms with Gasteiger partial charge in [0.2, 0.25) is 0 Å². The molecule has 1 heterocycles. The Balaban J connectivity index is 0.00000288. The molecule has 5 heteroatoms. The Kier molecular flexibility index (Phi) is 11.0. The van der Waals surface area contributed by atoms with Gasteiger partial charge in [-0.05, 0) is 37.8 Å². The van der Waals surface area contributed by atoms with E-state index < -0.39 is 0 Å². The summed E-state index contributed by atoms with van der Waals surface area (Å²) in [5.41, 5.74) is 1.11. The van der Waals surface area contributed by atoms with Crippen LogP contribution in [-0.4, -0.2) is 30.6 Å². The molecular weight excluding hydrogens is 411 g/mol. The molecule has 0 spiro atoms. The fraction of sp³-hybridized carbons (Fsp3) is 0.684. The van der Waals surface area contributed by atoms with E-state index in [9.17, 15) is 0 Å². The molecule has 1 aliphatic carbocycles. The van der Waals surface area contributed by atoms with Crippen LogP contribution in [0.5, 0.6) is 0 Å². The zero-order chi connectivity index (χ0) is 16.3. The predicted octanol–water partition coefficient (Wildman–Crippen LogP) is 4.16. The van der Waals surface area contributed by atoms with Crippen molar-refractivity contribution in [1.82, 2.24) is 15.6 Å². The molecule has 0 amide bonds. The van der Waals surface area contributed by atoms with Gasteiger partial charge in [0.1, 0.15) is 0 Å². The Morgan fingerprint density at radius 2 is 2.08 bits per heavy atom. The number of halogens is 1. The van der Waals surface area contributed by atoms with Gasteiger partial charge in [-0.15, -0.1) is 24.0 Å². The molecule has 1 fully saturated rings. The average Bonchev–Trinajstić information content (AvgIpc) is 2.61. The van der Waals surface area contributed by atoms with E-state index in [1.807, 2.05) is 25.4 Å². The Morgan fingerprint density at radius 3 is 2.75 bits per heavy atom. The first-order valence-electron chi connectivity index (χ1n) is 9.15. The largest absolute Gasteiger partial charge is 0.356 e. The Morgan fingerprint density at radius 1 is 1.29 bits per heavy atom. The highest BCUT2D eigenvalue weighted by atomic mass is 127. The minimum Gasteiger partial charge on any atom is -0.356 e. The maximum atomic E-state index is 4.34. The maximum absolute atomic E-state index is 4.34. The van der Waals surface area contributed by atoms with E-state index in [0.29, 0.717) is 6.04 Å². The minimum atomic E-state index is 0. The van der Waals surface area contributed by atoms with Crippen LogP contribution in [0.4, 0.5) is 0 Å². The van der Waals surface area contributed by atoms with Crippen molar-refractivity contribution >= 4 is 29.9 Å². The summed E-state index contributed by atoms with van der Waals surface area (Å²) in [6.45, 7) is 3.11. The Hall–Kier alpha value is -0.850. The zero-order valence-electron chi connectivity index (χ0n) is 15.1. The number of rotatable bonds is 7. The second-order valence-electron chi connectivity index (χ2n) is 6.70. The lowest BCUT2D eigenvalue weighted by Crippen LogP contribution is -2.43. The first kappa shape index (κ1) is 21.2. The third-order valence-electron chi connectivity index (χ3n) is 4.74. The molecule has 2 rings (SSSR count). The molecule has 1 aromatic rings. The van der Waals surface area contributed by atoms with Crippen LogP contribution in [0.1, 0.15) is 57.6 Å². The summed E-state index contributed by atoms with van der Waals surface area (Å²) < 4.78 is 0. The normalized spacial score (nSPS) is 17.0. The van der Waals surface area contributed by atoms with Gasteiger partial charge in [0.05, 0.1) is 0 Å². The second kappa shape index (κ2) is 12.5. The molecule has 24 heavy (non-hydrogen) atoms. The minimum absolute atomic E-state index is 0. The third-order valence-corrected chi connectivity index (χ3v) is 4.74. The molecule has 2 N–H and O–H groups in total. The van der Waals surface area contributed by atoms with Gasteiger partial charge in [0.25, 0.3) is 0 Å². The van der Waals surface area contributed by atoms with Crippen LogP contribution < -0.4 is 10.6 Å². The third kappa shape index (κ3) is 8.31. The van der Waals surface area contributed by atoms with E-state index in [0.717, 1.165) is 30.5 Å². The number of guanidine groups is 1. The molecule has 0 aromatic carbocycles. The summed E-state index contributed by atoms with van der Waals surface area (Å²) in [7, 11) is 1.84. The highest BCUT2D eigenvalue weighted by Gasteiger charge is 2.14. The lowest BCUT2D eigenvalue weighted by molar-refractivity contribution is 0.322. The summed E-state index contributed by atoms with van der Waals surface area (Å²) >= 11 is 0.